The average molecular weight is 324 g/mol. The summed E-state index contributed by atoms with van der Waals surface area (Å²) in [5.74, 6) is 0.517. The van der Waals surface area contributed by atoms with Crippen molar-refractivity contribution in [3.8, 4) is 0 Å². The summed E-state index contributed by atoms with van der Waals surface area (Å²) in [6.07, 6.45) is 2.09. The van der Waals surface area contributed by atoms with E-state index in [-0.39, 0.29) is 11.7 Å². The second kappa shape index (κ2) is 6.10. The summed E-state index contributed by atoms with van der Waals surface area (Å²) in [6, 6.07) is 2.60. The average Bonchev–Trinajstić information content (AvgIpc) is 3.24. The number of likely N-dealkylation sites (tertiary alicyclic amines) is 1. The Bertz CT molecular complexity index is 710. The van der Waals surface area contributed by atoms with Crippen LogP contribution in [-0.2, 0) is 6.42 Å². The Kier molecular flexibility index (Phi) is 4.14. The zero-order chi connectivity index (χ0) is 16.6. The molecule has 1 atom stereocenters. The molecule has 6 nitrogen and oxygen atoms in total. The highest BCUT2D eigenvalue weighted by Gasteiger charge is 2.36. The maximum atomic E-state index is 13.2. The standard InChI is InChI=1S/C15H18F2N4O2/c1-3-12-18-13(23-19-12)10-5-4-8-20(10)14(22)11-7-6-9(2)21(11)15(16)17/h6-7,10,15H,3-5,8H2,1-2H3. The van der Waals surface area contributed by atoms with Crippen molar-refractivity contribution in [2.75, 3.05) is 6.54 Å². The molecular formula is C15H18F2N4O2. The van der Waals surface area contributed by atoms with Crippen LogP contribution in [0.3, 0.4) is 0 Å². The Balaban J connectivity index is 1.89. The van der Waals surface area contributed by atoms with Gasteiger partial charge in [0.25, 0.3) is 5.91 Å². The molecule has 1 aliphatic rings. The van der Waals surface area contributed by atoms with Gasteiger partial charge in [0.2, 0.25) is 5.89 Å². The lowest BCUT2D eigenvalue weighted by Crippen LogP contribution is -2.32. The number of rotatable bonds is 4. The first-order valence-electron chi connectivity index (χ1n) is 7.62. The number of hydrogen-bond acceptors (Lipinski definition) is 4. The van der Waals surface area contributed by atoms with E-state index < -0.39 is 12.5 Å². The first-order chi connectivity index (χ1) is 11.0. The van der Waals surface area contributed by atoms with Gasteiger partial charge in [-0.25, -0.2) is 0 Å². The predicted octanol–water partition coefficient (Wildman–Crippen LogP) is 3.11. The van der Waals surface area contributed by atoms with E-state index in [1.165, 1.54) is 12.1 Å². The predicted molar refractivity (Wildman–Crippen MR) is 77.1 cm³/mol. The number of aryl methyl sites for hydroxylation is 2. The topological polar surface area (TPSA) is 64.2 Å². The number of halogens is 2. The molecule has 1 amide bonds. The Morgan fingerprint density at radius 2 is 2.26 bits per heavy atom. The highest BCUT2D eigenvalue weighted by molar-refractivity contribution is 5.93. The van der Waals surface area contributed by atoms with Crippen molar-refractivity contribution in [3.05, 3.63) is 35.2 Å². The quantitative estimate of drug-likeness (QED) is 0.867. The molecule has 0 aliphatic carbocycles. The SMILES string of the molecule is CCc1noc(C2CCCN2C(=O)c2ccc(C)n2C(F)F)n1. The molecule has 1 aliphatic heterocycles. The van der Waals surface area contributed by atoms with Gasteiger partial charge in [0.05, 0.1) is 0 Å². The van der Waals surface area contributed by atoms with Crippen LogP contribution in [0.2, 0.25) is 0 Å². The van der Waals surface area contributed by atoms with Crippen LogP contribution < -0.4 is 0 Å². The van der Waals surface area contributed by atoms with Crippen molar-refractivity contribution < 1.29 is 18.1 Å². The van der Waals surface area contributed by atoms with Crippen molar-refractivity contribution in [2.24, 2.45) is 0 Å². The minimum Gasteiger partial charge on any atom is -0.337 e. The lowest BCUT2D eigenvalue weighted by molar-refractivity contribution is 0.0530. The fourth-order valence-corrected chi connectivity index (χ4v) is 2.94. The molecule has 0 spiro atoms. The van der Waals surface area contributed by atoms with Crippen molar-refractivity contribution >= 4 is 5.91 Å². The smallest absolute Gasteiger partial charge is 0.319 e. The second-order valence-electron chi connectivity index (χ2n) is 5.57. The van der Waals surface area contributed by atoms with Gasteiger partial charge >= 0.3 is 6.55 Å². The number of aromatic nitrogens is 3. The summed E-state index contributed by atoms with van der Waals surface area (Å²) in [5, 5.41) is 3.85. The van der Waals surface area contributed by atoms with Crippen LogP contribution in [0.25, 0.3) is 0 Å². The van der Waals surface area contributed by atoms with E-state index in [2.05, 4.69) is 10.1 Å². The summed E-state index contributed by atoms with van der Waals surface area (Å²) in [7, 11) is 0. The Morgan fingerprint density at radius 1 is 1.48 bits per heavy atom. The molecule has 23 heavy (non-hydrogen) atoms. The highest BCUT2D eigenvalue weighted by atomic mass is 19.3. The van der Waals surface area contributed by atoms with Crippen LogP contribution >= 0.6 is 0 Å². The second-order valence-corrected chi connectivity index (χ2v) is 5.57. The van der Waals surface area contributed by atoms with Crippen LogP contribution in [-0.4, -0.2) is 32.1 Å². The molecule has 3 heterocycles. The fourth-order valence-electron chi connectivity index (χ4n) is 2.94. The number of hydrogen-bond donors (Lipinski definition) is 0. The first-order valence-corrected chi connectivity index (χ1v) is 7.62. The molecule has 0 aromatic carbocycles. The molecule has 3 rings (SSSR count). The molecule has 1 unspecified atom stereocenters. The van der Waals surface area contributed by atoms with Gasteiger partial charge in [-0.15, -0.1) is 0 Å². The lowest BCUT2D eigenvalue weighted by Gasteiger charge is -2.22. The van der Waals surface area contributed by atoms with Crippen LogP contribution in [0.1, 0.15) is 60.3 Å². The maximum absolute atomic E-state index is 13.2. The molecule has 0 bridgehead atoms. The minimum absolute atomic E-state index is 0.0142. The molecule has 2 aromatic heterocycles. The van der Waals surface area contributed by atoms with Gasteiger partial charge in [-0.3, -0.25) is 9.36 Å². The van der Waals surface area contributed by atoms with Crippen molar-refractivity contribution in [2.45, 2.75) is 45.7 Å². The van der Waals surface area contributed by atoms with Gasteiger partial charge in [0.15, 0.2) is 5.82 Å². The minimum atomic E-state index is -2.75. The molecule has 1 saturated heterocycles. The third-order valence-electron chi connectivity index (χ3n) is 4.13. The summed E-state index contributed by atoms with van der Waals surface area (Å²) in [4.78, 5) is 18.5. The lowest BCUT2D eigenvalue weighted by atomic mass is 10.2. The van der Waals surface area contributed by atoms with E-state index >= 15 is 0 Å². The summed E-state index contributed by atoms with van der Waals surface area (Å²) in [6.45, 7) is 1.20. The summed E-state index contributed by atoms with van der Waals surface area (Å²) >= 11 is 0. The molecule has 0 saturated carbocycles. The van der Waals surface area contributed by atoms with E-state index in [0.717, 1.165) is 11.0 Å². The summed E-state index contributed by atoms with van der Waals surface area (Å²) < 4.78 is 32.4. The van der Waals surface area contributed by atoms with Crippen LogP contribution in [0, 0.1) is 6.92 Å². The molecular weight excluding hydrogens is 306 g/mol. The molecule has 8 heteroatoms. The van der Waals surface area contributed by atoms with Crippen molar-refractivity contribution in [3.63, 3.8) is 0 Å². The van der Waals surface area contributed by atoms with E-state index in [4.69, 9.17) is 4.52 Å². The number of carbonyl (C=O) groups excluding carboxylic acids is 1. The zero-order valence-corrected chi connectivity index (χ0v) is 13.0. The fraction of sp³-hybridized carbons (Fsp3) is 0.533. The Morgan fingerprint density at radius 3 is 2.91 bits per heavy atom. The molecule has 2 aromatic rings. The van der Waals surface area contributed by atoms with E-state index in [1.807, 2.05) is 6.92 Å². The number of nitrogens with zero attached hydrogens (tertiary/aromatic N) is 4. The molecule has 0 radical (unpaired) electrons. The van der Waals surface area contributed by atoms with Gasteiger partial charge in [-0.2, -0.15) is 13.8 Å². The Hall–Kier alpha value is -2.25. The Labute approximate surface area is 132 Å². The van der Waals surface area contributed by atoms with E-state index in [0.29, 0.717) is 36.8 Å². The van der Waals surface area contributed by atoms with Gasteiger partial charge in [0, 0.05) is 18.7 Å². The largest absolute Gasteiger partial charge is 0.337 e. The van der Waals surface area contributed by atoms with E-state index in [9.17, 15) is 13.6 Å². The number of amides is 1. The van der Waals surface area contributed by atoms with Crippen LogP contribution in [0.5, 0.6) is 0 Å². The van der Waals surface area contributed by atoms with Gasteiger partial charge < -0.3 is 9.42 Å². The van der Waals surface area contributed by atoms with Gasteiger partial charge in [-0.05, 0) is 31.9 Å². The third-order valence-corrected chi connectivity index (χ3v) is 4.13. The first kappa shape index (κ1) is 15.6. The van der Waals surface area contributed by atoms with Crippen LogP contribution in [0.15, 0.2) is 16.7 Å². The number of alkyl halides is 2. The zero-order valence-electron chi connectivity index (χ0n) is 13.0. The monoisotopic (exact) mass is 324 g/mol. The maximum Gasteiger partial charge on any atom is 0.319 e. The van der Waals surface area contributed by atoms with Crippen molar-refractivity contribution in [1.82, 2.24) is 19.6 Å². The third kappa shape index (κ3) is 2.73. The highest BCUT2D eigenvalue weighted by Crippen LogP contribution is 2.33. The van der Waals surface area contributed by atoms with Gasteiger partial charge in [0.1, 0.15) is 11.7 Å². The molecule has 124 valence electrons. The summed E-state index contributed by atoms with van der Waals surface area (Å²) in [5.41, 5.74) is 0.338. The van der Waals surface area contributed by atoms with Gasteiger partial charge in [-0.1, -0.05) is 12.1 Å². The van der Waals surface area contributed by atoms with Crippen molar-refractivity contribution in [1.29, 1.82) is 0 Å². The van der Waals surface area contributed by atoms with E-state index in [1.54, 1.807) is 11.8 Å². The molecule has 0 N–H and O–H groups in total. The molecule has 1 fully saturated rings. The number of carbonyl (C=O) groups is 1. The normalized spacial score (nSPS) is 18.1. The van der Waals surface area contributed by atoms with Crippen LogP contribution in [0.4, 0.5) is 8.78 Å².